The Bertz CT molecular complexity index is 227. The summed E-state index contributed by atoms with van der Waals surface area (Å²) in [4.78, 5) is 7.73. The number of hydrogen-bond donors (Lipinski definition) is 0. The van der Waals surface area contributed by atoms with E-state index < -0.39 is 0 Å². The fraction of sp³-hybridized carbons (Fsp3) is 0.286. The normalized spacial score (nSPS) is 16.7. The zero-order chi connectivity index (χ0) is 6.69. The highest BCUT2D eigenvalue weighted by Crippen LogP contribution is 2.11. The van der Waals surface area contributed by atoms with E-state index >= 15 is 0 Å². The van der Waals surface area contributed by atoms with Crippen molar-refractivity contribution >= 4 is 6.01 Å². The first-order valence-electron chi connectivity index (χ1n) is 2.84. The molecule has 1 aliphatic rings. The number of aliphatic imine (C=N–C) groups is 2. The second kappa shape index (κ2) is 2.42. The molecule has 0 amide bonds. The van der Waals surface area contributed by atoms with Gasteiger partial charge in [0.05, 0.1) is 11.4 Å². The van der Waals surface area contributed by atoms with Gasteiger partial charge in [-0.15, -0.1) is 0 Å². The highest BCUT2D eigenvalue weighted by Gasteiger charge is 1.97. The van der Waals surface area contributed by atoms with Crippen LogP contribution in [0, 0.1) is 0 Å². The predicted molar refractivity (Wildman–Crippen MR) is 37.4 cm³/mol. The van der Waals surface area contributed by atoms with Crippen molar-refractivity contribution in [1.82, 2.24) is 0 Å². The molecule has 0 aromatic carbocycles. The van der Waals surface area contributed by atoms with E-state index in [2.05, 4.69) is 16.0 Å². The summed E-state index contributed by atoms with van der Waals surface area (Å²) in [6.07, 6.45) is 3.85. The van der Waals surface area contributed by atoms with E-state index in [1.54, 1.807) is 0 Å². The van der Waals surface area contributed by atoms with Gasteiger partial charge in [0.15, 0.2) is 0 Å². The topological polar surface area (TPSA) is 24.7 Å². The maximum Gasteiger partial charge on any atom is 0.100 e. The number of rotatable bonds is 1. The van der Waals surface area contributed by atoms with Crippen LogP contribution in [0.4, 0.5) is 0 Å². The van der Waals surface area contributed by atoms with Crippen molar-refractivity contribution in [2.75, 3.05) is 0 Å². The van der Waals surface area contributed by atoms with Crippen LogP contribution in [-0.4, -0.2) is 6.01 Å². The van der Waals surface area contributed by atoms with Gasteiger partial charge in [-0.05, 0) is 19.9 Å². The molecule has 0 saturated heterocycles. The van der Waals surface area contributed by atoms with Crippen molar-refractivity contribution in [2.24, 2.45) is 9.98 Å². The minimum Gasteiger partial charge on any atom is -0.190 e. The first kappa shape index (κ1) is 5.99. The minimum absolute atomic E-state index is 0.914. The van der Waals surface area contributed by atoms with Crippen LogP contribution in [0.2, 0.25) is 0 Å². The average Bonchev–Trinajstić information content (AvgIpc) is 2.18. The van der Waals surface area contributed by atoms with Crippen molar-refractivity contribution in [3.8, 4) is 0 Å². The molecule has 0 bridgehead atoms. The van der Waals surface area contributed by atoms with Gasteiger partial charge in [-0.25, -0.2) is 0 Å². The monoisotopic (exact) mass is 120 g/mol. The maximum atomic E-state index is 3.88. The average molecular weight is 120 g/mol. The molecule has 46 valence electrons. The summed E-state index contributed by atoms with van der Waals surface area (Å²) in [7, 11) is 0. The van der Waals surface area contributed by atoms with Crippen LogP contribution >= 0.6 is 0 Å². The molecule has 1 heterocycles. The van der Waals surface area contributed by atoms with Gasteiger partial charge in [-0.2, -0.15) is 9.98 Å². The lowest BCUT2D eigenvalue weighted by molar-refractivity contribution is 1.26. The molecule has 0 spiro atoms. The summed E-state index contributed by atoms with van der Waals surface area (Å²) >= 11 is 0. The number of hydrogen-bond acceptors (Lipinski definition) is 2. The molecule has 0 saturated carbocycles. The molecule has 0 unspecified atom stereocenters. The van der Waals surface area contributed by atoms with E-state index in [0.29, 0.717) is 0 Å². The first-order valence-corrected chi connectivity index (χ1v) is 2.84. The third-order valence-corrected chi connectivity index (χ3v) is 1.08. The molecule has 0 fully saturated rings. The van der Waals surface area contributed by atoms with E-state index in [9.17, 15) is 0 Å². The van der Waals surface area contributed by atoms with Crippen molar-refractivity contribution in [1.29, 1.82) is 0 Å². The number of allylic oxidation sites excluding steroid dienone is 3. The van der Waals surface area contributed by atoms with Crippen LogP contribution in [0.5, 0.6) is 0 Å². The lowest BCUT2D eigenvalue weighted by Crippen LogP contribution is -1.70. The Hall–Kier alpha value is -1.14. The van der Waals surface area contributed by atoms with Gasteiger partial charge in [-0.3, -0.25) is 0 Å². The van der Waals surface area contributed by atoms with Gasteiger partial charge in [0.1, 0.15) is 6.01 Å². The van der Waals surface area contributed by atoms with Gasteiger partial charge >= 0.3 is 0 Å². The quantitative estimate of drug-likeness (QED) is 0.505. The predicted octanol–water partition coefficient (Wildman–Crippen LogP) is 1.98. The Labute approximate surface area is 54.3 Å². The molecule has 1 aliphatic heterocycles. The van der Waals surface area contributed by atoms with Crippen molar-refractivity contribution in [3.05, 3.63) is 23.5 Å². The number of nitrogens with zero attached hydrogens (tertiary/aromatic N) is 2. The Morgan fingerprint density at radius 3 is 2.67 bits per heavy atom. The van der Waals surface area contributed by atoms with Crippen molar-refractivity contribution in [3.63, 3.8) is 0 Å². The summed E-state index contributed by atoms with van der Waals surface area (Å²) in [5.74, 6) is 0. The Balaban J connectivity index is 2.84. The van der Waals surface area contributed by atoms with Crippen molar-refractivity contribution < 1.29 is 0 Å². The van der Waals surface area contributed by atoms with E-state index in [0.717, 1.165) is 11.4 Å². The van der Waals surface area contributed by atoms with E-state index in [1.165, 1.54) is 0 Å². The van der Waals surface area contributed by atoms with Crippen LogP contribution in [0.1, 0.15) is 13.8 Å². The summed E-state index contributed by atoms with van der Waals surface area (Å²) in [6.45, 7) is 3.87. The first-order chi connectivity index (χ1) is 4.34. The fourth-order valence-corrected chi connectivity index (χ4v) is 0.608. The molecule has 9 heavy (non-hydrogen) atoms. The lowest BCUT2D eigenvalue weighted by atomic mass is 10.3. The zero-order valence-corrected chi connectivity index (χ0v) is 5.55. The van der Waals surface area contributed by atoms with Gasteiger partial charge in [0.2, 0.25) is 0 Å². The summed E-state index contributed by atoms with van der Waals surface area (Å²) in [6, 6.07) is 2.53. The molecule has 1 rings (SSSR count). The SMILES string of the molecule is C/C=C\C1=C(C)N=C=N1. The molecule has 0 aromatic heterocycles. The van der Waals surface area contributed by atoms with E-state index in [4.69, 9.17) is 0 Å². The van der Waals surface area contributed by atoms with Crippen LogP contribution in [0.25, 0.3) is 0 Å². The molecule has 2 heteroatoms. The lowest BCUT2D eigenvalue weighted by Gasteiger charge is -1.85. The third-order valence-electron chi connectivity index (χ3n) is 1.08. The molecule has 0 radical (unpaired) electrons. The Morgan fingerprint density at radius 2 is 2.22 bits per heavy atom. The van der Waals surface area contributed by atoms with Gasteiger partial charge < -0.3 is 0 Å². The Morgan fingerprint density at radius 1 is 1.44 bits per heavy atom. The van der Waals surface area contributed by atoms with Gasteiger partial charge in [-0.1, -0.05) is 6.08 Å². The standard InChI is InChI=1S/C7H8N2/c1-3-4-7-6(2)8-5-9-7/h3-4H,1-2H3/b4-3-. The second-order valence-corrected chi connectivity index (χ2v) is 1.79. The molecular formula is C7H8N2. The van der Waals surface area contributed by atoms with Crippen LogP contribution in [0.3, 0.4) is 0 Å². The third kappa shape index (κ3) is 1.15. The second-order valence-electron chi connectivity index (χ2n) is 1.79. The molecular weight excluding hydrogens is 112 g/mol. The smallest absolute Gasteiger partial charge is 0.100 e. The van der Waals surface area contributed by atoms with Crippen LogP contribution in [-0.2, 0) is 0 Å². The van der Waals surface area contributed by atoms with Crippen LogP contribution < -0.4 is 0 Å². The molecule has 2 nitrogen and oxygen atoms in total. The van der Waals surface area contributed by atoms with Crippen molar-refractivity contribution in [2.45, 2.75) is 13.8 Å². The molecule has 0 N–H and O–H groups in total. The van der Waals surface area contributed by atoms with E-state index in [-0.39, 0.29) is 0 Å². The summed E-state index contributed by atoms with van der Waals surface area (Å²) < 4.78 is 0. The summed E-state index contributed by atoms with van der Waals surface area (Å²) in [5, 5.41) is 0. The Kier molecular flexibility index (Phi) is 1.61. The molecule has 0 aliphatic carbocycles. The fourth-order valence-electron chi connectivity index (χ4n) is 0.608. The minimum atomic E-state index is 0.914. The molecule has 0 aromatic rings. The maximum absolute atomic E-state index is 3.88. The van der Waals surface area contributed by atoms with Gasteiger partial charge in [0, 0.05) is 0 Å². The van der Waals surface area contributed by atoms with Gasteiger partial charge in [0.25, 0.3) is 0 Å². The van der Waals surface area contributed by atoms with Crippen LogP contribution in [0.15, 0.2) is 33.5 Å². The molecule has 0 atom stereocenters. The largest absolute Gasteiger partial charge is 0.190 e. The van der Waals surface area contributed by atoms with E-state index in [1.807, 2.05) is 26.0 Å². The highest BCUT2D eigenvalue weighted by molar-refractivity contribution is 5.53. The zero-order valence-electron chi connectivity index (χ0n) is 5.55. The summed E-state index contributed by atoms with van der Waals surface area (Å²) in [5.41, 5.74) is 1.85. The highest BCUT2D eigenvalue weighted by atomic mass is 14.9.